The van der Waals surface area contributed by atoms with Gasteiger partial charge in [0.05, 0.1) is 4.90 Å². The maximum Gasteiger partial charge on any atom is 0.281 e. The Morgan fingerprint density at radius 1 is 1.12 bits per heavy atom. The number of thioether (sulfide) groups is 1. The lowest BCUT2D eigenvalue weighted by Crippen LogP contribution is -2.28. The summed E-state index contributed by atoms with van der Waals surface area (Å²) in [6, 6.07) is 6.23. The highest BCUT2D eigenvalue weighted by atomic mass is 32.2. The molecule has 1 N–H and O–H groups in total. The second-order valence-electron chi connectivity index (χ2n) is 6.04. The summed E-state index contributed by atoms with van der Waals surface area (Å²) in [7, 11) is -3.44. The lowest BCUT2D eigenvalue weighted by Gasteiger charge is -2.16. The summed E-state index contributed by atoms with van der Waals surface area (Å²) in [6.45, 7) is 2.21. The number of benzene rings is 1. The molecule has 0 saturated carbocycles. The Morgan fingerprint density at radius 2 is 1.80 bits per heavy atom. The lowest BCUT2D eigenvalue weighted by molar-refractivity contribution is -0.116. The predicted molar refractivity (Wildman–Crippen MR) is 97.1 cm³/mol. The van der Waals surface area contributed by atoms with Gasteiger partial charge in [-0.25, -0.2) is 8.42 Å². The monoisotopic (exact) mass is 383 g/mol. The fourth-order valence-electron chi connectivity index (χ4n) is 2.88. The van der Waals surface area contributed by atoms with Crippen molar-refractivity contribution in [2.24, 2.45) is 0 Å². The number of nitrogens with zero attached hydrogens (tertiary/aromatic N) is 2. The molecule has 7 nitrogen and oxygen atoms in total. The highest BCUT2D eigenvalue weighted by molar-refractivity contribution is 8.13. The van der Waals surface area contributed by atoms with Crippen molar-refractivity contribution in [3.8, 4) is 0 Å². The van der Waals surface area contributed by atoms with Crippen molar-refractivity contribution in [3.63, 3.8) is 0 Å². The third-order valence-corrected chi connectivity index (χ3v) is 7.10. The van der Waals surface area contributed by atoms with Crippen LogP contribution in [0.4, 0.5) is 10.5 Å². The van der Waals surface area contributed by atoms with E-state index in [0.717, 1.165) is 18.6 Å². The average Bonchev–Trinajstić information content (AvgIpc) is 3.25. The summed E-state index contributed by atoms with van der Waals surface area (Å²) in [4.78, 5) is 25.4. The molecule has 2 saturated heterocycles. The first-order valence-corrected chi connectivity index (χ1v) is 10.7. The van der Waals surface area contributed by atoms with Crippen LogP contribution in [0.15, 0.2) is 29.2 Å². The van der Waals surface area contributed by atoms with Gasteiger partial charge < -0.3 is 10.2 Å². The second kappa shape index (κ2) is 7.76. The van der Waals surface area contributed by atoms with Gasteiger partial charge in [0.15, 0.2) is 0 Å². The Kier molecular flexibility index (Phi) is 5.65. The van der Waals surface area contributed by atoms with Crippen LogP contribution in [0.25, 0.3) is 0 Å². The fourth-order valence-corrected chi connectivity index (χ4v) is 5.25. The Morgan fingerprint density at radius 3 is 2.40 bits per heavy atom. The van der Waals surface area contributed by atoms with Gasteiger partial charge in [-0.2, -0.15) is 4.31 Å². The Hall–Kier alpha value is -1.58. The van der Waals surface area contributed by atoms with E-state index in [4.69, 9.17) is 0 Å². The minimum absolute atomic E-state index is 0.0178. The second-order valence-corrected chi connectivity index (χ2v) is 9.02. The smallest absolute Gasteiger partial charge is 0.281 e. The van der Waals surface area contributed by atoms with Gasteiger partial charge >= 0.3 is 0 Å². The molecule has 2 aliphatic heterocycles. The van der Waals surface area contributed by atoms with Crippen LogP contribution in [0.1, 0.15) is 19.3 Å². The van der Waals surface area contributed by atoms with Gasteiger partial charge in [0, 0.05) is 44.0 Å². The van der Waals surface area contributed by atoms with Crippen LogP contribution < -0.4 is 5.32 Å². The van der Waals surface area contributed by atoms with E-state index in [1.165, 1.54) is 28.2 Å². The molecule has 2 heterocycles. The zero-order valence-electron chi connectivity index (χ0n) is 13.8. The molecule has 1 aromatic rings. The largest absolute Gasteiger partial charge is 0.332 e. The van der Waals surface area contributed by atoms with Crippen LogP contribution in [0.3, 0.4) is 0 Å². The lowest BCUT2D eigenvalue weighted by atomic mass is 10.3. The molecule has 0 aliphatic carbocycles. The van der Waals surface area contributed by atoms with E-state index in [1.54, 1.807) is 17.0 Å². The summed E-state index contributed by atoms with van der Waals surface area (Å²) in [5, 5.41) is 2.75. The molecule has 0 bridgehead atoms. The van der Waals surface area contributed by atoms with Gasteiger partial charge in [-0.15, -0.1) is 0 Å². The zero-order chi connectivity index (χ0) is 17.9. The van der Waals surface area contributed by atoms with E-state index in [-0.39, 0.29) is 22.5 Å². The molecule has 3 rings (SSSR count). The number of hydrogen-bond acceptors (Lipinski definition) is 5. The number of rotatable bonds is 6. The van der Waals surface area contributed by atoms with Crippen LogP contribution in [-0.2, 0) is 14.8 Å². The summed E-state index contributed by atoms with van der Waals surface area (Å²) in [5.74, 6) is 0.577. The molecular weight excluding hydrogens is 362 g/mol. The van der Waals surface area contributed by atoms with E-state index in [1.807, 2.05) is 0 Å². The molecule has 2 fully saturated rings. The molecule has 9 heteroatoms. The number of carbonyl (C=O) groups is 2. The first-order valence-electron chi connectivity index (χ1n) is 8.28. The van der Waals surface area contributed by atoms with Crippen LogP contribution in [-0.4, -0.2) is 60.7 Å². The molecule has 2 amide bonds. The topological polar surface area (TPSA) is 86.8 Å². The number of anilines is 1. The third-order valence-electron chi connectivity index (χ3n) is 4.29. The minimum Gasteiger partial charge on any atom is -0.332 e. The standard InChI is InChI=1S/C16H21N3O4S2/c20-15(7-10-18-11-12-24-16(18)21)17-13-3-5-14(6-4-13)25(22,23)19-8-1-2-9-19/h3-6H,1-2,7-12H2,(H,17,20). The first kappa shape index (κ1) is 18.2. The summed E-state index contributed by atoms with van der Waals surface area (Å²) < 4.78 is 26.4. The van der Waals surface area contributed by atoms with Crippen LogP contribution in [0.5, 0.6) is 0 Å². The van der Waals surface area contributed by atoms with Gasteiger partial charge in [-0.05, 0) is 37.1 Å². The molecule has 1 aromatic carbocycles. The predicted octanol–water partition coefficient (Wildman–Crippen LogP) is 1.97. The van der Waals surface area contributed by atoms with Gasteiger partial charge in [0.25, 0.3) is 5.24 Å². The molecule has 0 radical (unpaired) electrons. The normalized spacial score (nSPS) is 18.7. The van der Waals surface area contributed by atoms with Crippen molar-refractivity contribution in [2.75, 3.05) is 37.2 Å². The van der Waals surface area contributed by atoms with Crippen molar-refractivity contribution in [3.05, 3.63) is 24.3 Å². The van der Waals surface area contributed by atoms with Crippen molar-refractivity contribution < 1.29 is 18.0 Å². The van der Waals surface area contributed by atoms with E-state index >= 15 is 0 Å². The molecule has 2 aliphatic rings. The van der Waals surface area contributed by atoms with E-state index < -0.39 is 10.0 Å². The first-order chi connectivity index (χ1) is 12.0. The highest BCUT2D eigenvalue weighted by Crippen LogP contribution is 2.22. The number of hydrogen-bond donors (Lipinski definition) is 1. The summed E-state index contributed by atoms with van der Waals surface area (Å²) in [6.07, 6.45) is 2.01. The maximum atomic E-state index is 12.4. The van der Waals surface area contributed by atoms with Crippen molar-refractivity contribution in [2.45, 2.75) is 24.2 Å². The Labute approximate surface area is 151 Å². The van der Waals surface area contributed by atoms with Gasteiger partial charge in [0.2, 0.25) is 15.9 Å². The molecule has 0 unspecified atom stereocenters. The SMILES string of the molecule is O=C(CCN1CCSC1=O)Nc1ccc(S(=O)(=O)N2CCCC2)cc1. The zero-order valence-corrected chi connectivity index (χ0v) is 15.4. The Balaban J connectivity index is 1.55. The quantitative estimate of drug-likeness (QED) is 0.812. The minimum atomic E-state index is -3.44. The molecule has 25 heavy (non-hydrogen) atoms. The number of nitrogens with one attached hydrogen (secondary N) is 1. The number of sulfonamides is 1. The molecule has 136 valence electrons. The van der Waals surface area contributed by atoms with Crippen molar-refractivity contribution >= 4 is 38.6 Å². The highest BCUT2D eigenvalue weighted by Gasteiger charge is 2.27. The van der Waals surface area contributed by atoms with E-state index in [0.29, 0.717) is 31.9 Å². The molecule has 0 aromatic heterocycles. The summed E-state index contributed by atoms with van der Waals surface area (Å²) in [5.41, 5.74) is 0.549. The Bertz CT molecular complexity index is 743. The van der Waals surface area contributed by atoms with Crippen LogP contribution >= 0.6 is 11.8 Å². The van der Waals surface area contributed by atoms with Crippen molar-refractivity contribution in [1.82, 2.24) is 9.21 Å². The number of carbonyl (C=O) groups excluding carboxylic acids is 2. The van der Waals surface area contributed by atoms with Crippen LogP contribution in [0, 0.1) is 0 Å². The van der Waals surface area contributed by atoms with Gasteiger partial charge in [-0.1, -0.05) is 11.8 Å². The van der Waals surface area contributed by atoms with E-state index in [9.17, 15) is 18.0 Å². The van der Waals surface area contributed by atoms with Crippen molar-refractivity contribution in [1.29, 1.82) is 0 Å². The fraction of sp³-hybridized carbons (Fsp3) is 0.500. The summed E-state index contributed by atoms with van der Waals surface area (Å²) >= 11 is 1.27. The van der Waals surface area contributed by atoms with Gasteiger partial charge in [-0.3, -0.25) is 9.59 Å². The third kappa shape index (κ3) is 4.34. The molecule has 0 atom stereocenters. The number of amides is 2. The van der Waals surface area contributed by atoms with E-state index in [2.05, 4.69) is 5.32 Å². The molecule has 0 spiro atoms. The average molecular weight is 383 g/mol. The maximum absolute atomic E-state index is 12.4. The van der Waals surface area contributed by atoms with Gasteiger partial charge in [0.1, 0.15) is 0 Å². The molecular formula is C16H21N3O4S2. The van der Waals surface area contributed by atoms with Crippen LogP contribution in [0.2, 0.25) is 0 Å².